The average Bonchev–Trinajstić information content (AvgIpc) is 2.43. The second kappa shape index (κ2) is 7.11. The lowest BCUT2D eigenvalue weighted by molar-refractivity contribution is -0.289. The first-order chi connectivity index (χ1) is 10.7. The summed E-state index contributed by atoms with van der Waals surface area (Å²) in [7, 11) is 0. The van der Waals surface area contributed by atoms with Gasteiger partial charge in [0.25, 0.3) is 5.91 Å². The lowest BCUT2D eigenvalue weighted by atomic mass is 10.1. The molecule has 12 heteroatoms. The van der Waals surface area contributed by atoms with E-state index in [1.807, 2.05) is 0 Å². The van der Waals surface area contributed by atoms with E-state index in [-0.39, 0.29) is 6.20 Å². The zero-order valence-corrected chi connectivity index (χ0v) is 12.6. The third kappa shape index (κ3) is 5.49. The molecule has 0 fully saturated rings. The van der Waals surface area contributed by atoms with E-state index < -0.39 is 58.2 Å². The van der Waals surface area contributed by atoms with Crippen LogP contribution in [0.2, 0.25) is 0 Å². The summed E-state index contributed by atoms with van der Waals surface area (Å²) >= 11 is -0.409. The molecule has 0 aliphatic rings. The van der Waals surface area contributed by atoms with Crippen LogP contribution in [0.3, 0.4) is 0 Å². The van der Waals surface area contributed by atoms with Gasteiger partial charge >= 0.3 is 17.6 Å². The summed E-state index contributed by atoms with van der Waals surface area (Å²) in [6.07, 6.45) is -4.89. The van der Waals surface area contributed by atoms with E-state index in [9.17, 15) is 39.9 Å². The second-order valence-corrected chi connectivity index (χ2v) is 5.75. The van der Waals surface area contributed by atoms with Crippen molar-refractivity contribution in [2.45, 2.75) is 30.6 Å². The third-order valence-corrected chi connectivity index (χ3v) is 3.59. The number of amides is 1. The minimum absolute atomic E-state index is 0.257. The summed E-state index contributed by atoms with van der Waals surface area (Å²) in [6, 6.07) is -0.713. The Morgan fingerprint density at radius 3 is 2.25 bits per heavy atom. The van der Waals surface area contributed by atoms with Crippen LogP contribution in [0, 0.1) is 0 Å². The molecule has 0 bridgehead atoms. The Morgan fingerprint density at radius 1 is 1.17 bits per heavy atom. The van der Waals surface area contributed by atoms with Crippen LogP contribution in [-0.2, 0) is 5.92 Å². The molecule has 0 aliphatic carbocycles. The summed E-state index contributed by atoms with van der Waals surface area (Å²) in [4.78, 5) is 14.9. The van der Waals surface area contributed by atoms with E-state index in [1.165, 1.54) is 6.92 Å². The smallest absolute Gasteiger partial charge is 0.349 e. The van der Waals surface area contributed by atoms with Gasteiger partial charge < -0.3 is 5.32 Å². The second-order valence-electron chi connectivity index (χ2n) is 4.67. The van der Waals surface area contributed by atoms with E-state index in [1.54, 1.807) is 0 Å². The Labute approximate surface area is 134 Å². The number of hydrogen-bond acceptors (Lipinski definition) is 3. The molecule has 1 rings (SSSR count). The van der Waals surface area contributed by atoms with Crippen LogP contribution in [0.5, 0.6) is 0 Å². The SMILES string of the molecule is CC(CSC(F)(F)F)NC(=O)c1cncc(C(F)(F)C(F)(F)F)c1. The van der Waals surface area contributed by atoms with Gasteiger partial charge in [0.15, 0.2) is 0 Å². The number of hydrogen-bond donors (Lipinski definition) is 1. The zero-order valence-electron chi connectivity index (χ0n) is 11.8. The minimum atomic E-state index is -5.87. The van der Waals surface area contributed by atoms with Gasteiger partial charge in [0.05, 0.1) is 5.56 Å². The first kappa shape index (κ1) is 20.5. The lowest BCUT2D eigenvalue weighted by Crippen LogP contribution is -2.36. The highest BCUT2D eigenvalue weighted by Crippen LogP contribution is 2.43. The molecule has 0 aliphatic heterocycles. The maximum Gasteiger partial charge on any atom is 0.458 e. The number of rotatable bonds is 5. The van der Waals surface area contributed by atoms with Crippen molar-refractivity contribution in [3.8, 4) is 0 Å². The predicted octanol–water partition coefficient (Wildman–Crippen LogP) is 4.11. The number of carbonyl (C=O) groups is 1. The first-order valence-electron chi connectivity index (χ1n) is 6.15. The van der Waals surface area contributed by atoms with Crippen LogP contribution < -0.4 is 5.32 Å². The monoisotopic (exact) mass is 382 g/mol. The highest BCUT2D eigenvalue weighted by molar-refractivity contribution is 8.00. The van der Waals surface area contributed by atoms with Crippen molar-refractivity contribution in [1.29, 1.82) is 0 Å². The highest BCUT2D eigenvalue weighted by atomic mass is 32.2. The number of alkyl halides is 8. The molecular formula is C12H10F8N2OS. The lowest BCUT2D eigenvalue weighted by Gasteiger charge is -2.20. The Bertz CT molecular complexity index is 587. The summed E-state index contributed by atoms with van der Waals surface area (Å²) in [6.45, 7) is 1.22. The average molecular weight is 382 g/mol. The van der Waals surface area contributed by atoms with Crippen molar-refractivity contribution < 1.29 is 39.9 Å². The van der Waals surface area contributed by atoms with Gasteiger partial charge in [-0.05, 0) is 24.8 Å². The van der Waals surface area contributed by atoms with Crippen molar-refractivity contribution in [2.75, 3.05) is 5.75 Å². The molecule has 0 saturated heterocycles. The standard InChI is InChI=1S/C12H10F8N2OS/c1-6(5-24-12(18,19)20)22-9(23)7-2-8(4-21-3-7)10(13,14)11(15,16)17/h2-4,6H,5H2,1H3,(H,22,23). The van der Waals surface area contributed by atoms with Gasteiger partial charge in [0, 0.05) is 29.8 Å². The maximum atomic E-state index is 13.2. The van der Waals surface area contributed by atoms with Crippen LogP contribution in [0.1, 0.15) is 22.8 Å². The number of halogens is 8. The molecular weight excluding hydrogens is 372 g/mol. The van der Waals surface area contributed by atoms with Gasteiger partial charge in [0.1, 0.15) is 0 Å². The van der Waals surface area contributed by atoms with Gasteiger partial charge in [-0.3, -0.25) is 9.78 Å². The van der Waals surface area contributed by atoms with Gasteiger partial charge in [-0.2, -0.15) is 35.1 Å². The Hall–Kier alpha value is -1.59. The summed E-state index contributed by atoms with van der Waals surface area (Å²) in [5, 5.41) is 2.06. The normalized spacial score (nSPS) is 14.4. The molecule has 1 aromatic heterocycles. The Kier molecular flexibility index (Phi) is 6.06. The summed E-state index contributed by atoms with van der Waals surface area (Å²) in [5.74, 6) is -6.88. The number of pyridine rings is 1. The van der Waals surface area contributed by atoms with E-state index >= 15 is 0 Å². The van der Waals surface area contributed by atoms with Gasteiger partial charge in [0.2, 0.25) is 0 Å². The minimum Gasteiger partial charge on any atom is -0.349 e. The fraction of sp³-hybridized carbons (Fsp3) is 0.500. The van der Waals surface area contributed by atoms with E-state index in [0.29, 0.717) is 6.07 Å². The molecule has 0 radical (unpaired) electrons. The molecule has 1 heterocycles. The third-order valence-electron chi connectivity index (χ3n) is 2.59. The van der Waals surface area contributed by atoms with Gasteiger partial charge in [-0.15, -0.1) is 0 Å². The van der Waals surface area contributed by atoms with Crippen molar-refractivity contribution in [2.24, 2.45) is 0 Å². The Morgan fingerprint density at radius 2 is 1.75 bits per heavy atom. The fourth-order valence-electron chi connectivity index (χ4n) is 1.47. The number of carbonyl (C=O) groups excluding carboxylic acids is 1. The van der Waals surface area contributed by atoms with E-state index in [4.69, 9.17) is 0 Å². The van der Waals surface area contributed by atoms with Gasteiger partial charge in [-0.25, -0.2) is 0 Å². The molecule has 1 aromatic rings. The molecule has 1 N–H and O–H groups in total. The fourth-order valence-corrected chi connectivity index (χ4v) is 1.99. The number of thioether (sulfide) groups is 1. The predicted molar refractivity (Wildman–Crippen MR) is 69.6 cm³/mol. The summed E-state index contributed by atoms with van der Waals surface area (Å²) in [5.41, 5.74) is -6.69. The van der Waals surface area contributed by atoms with Crippen LogP contribution in [0.4, 0.5) is 35.1 Å². The maximum absolute atomic E-state index is 13.2. The van der Waals surface area contributed by atoms with E-state index in [0.717, 1.165) is 6.20 Å². The van der Waals surface area contributed by atoms with Crippen molar-refractivity contribution in [3.05, 3.63) is 29.6 Å². The number of nitrogens with one attached hydrogen (secondary N) is 1. The molecule has 1 amide bonds. The van der Waals surface area contributed by atoms with Crippen LogP contribution in [0.25, 0.3) is 0 Å². The van der Waals surface area contributed by atoms with Crippen molar-refractivity contribution in [3.63, 3.8) is 0 Å². The molecule has 0 aromatic carbocycles. The van der Waals surface area contributed by atoms with Crippen LogP contribution in [-0.4, -0.2) is 34.4 Å². The number of nitrogens with zero attached hydrogens (tertiary/aromatic N) is 1. The largest absolute Gasteiger partial charge is 0.458 e. The van der Waals surface area contributed by atoms with Crippen molar-refractivity contribution >= 4 is 17.7 Å². The Balaban J connectivity index is 2.85. The molecule has 1 unspecified atom stereocenters. The zero-order chi connectivity index (χ0) is 18.8. The molecule has 0 spiro atoms. The highest BCUT2D eigenvalue weighted by Gasteiger charge is 2.59. The van der Waals surface area contributed by atoms with Crippen LogP contribution >= 0.6 is 11.8 Å². The van der Waals surface area contributed by atoms with Crippen LogP contribution in [0.15, 0.2) is 18.5 Å². The number of aromatic nitrogens is 1. The first-order valence-corrected chi connectivity index (χ1v) is 7.14. The molecule has 24 heavy (non-hydrogen) atoms. The van der Waals surface area contributed by atoms with Crippen molar-refractivity contribution in [1.82, 2.24) is 10.3 Å². The molecule has 1 atom stereocenters. The molecule has 0 saturated carbocycles. The van der Waals surface area contributed by atoms with Gasteiger partial charge in [-0.1, -0.05) is 0 Å². The topological polar surface area (TPSA) is 42.0 Å². The summed E-state index contributed by atoms with van der Waals surface area (Å²) < 4.78 is 99.3. The quantitative estimate of drug-likeness (QED) is 0.780. The molecule has 136 valence electrons. The van der Waals surface area contributed by atoms with E-state index in [2.05, 4.69) is 10.3 Å². The molecule has 3 nitrogen and oxygen atoms in total.